The zero-order valence-electron chi connectivity index (χ0n) is 18.0. The van der Waals surface area contributed by atoms with Crippen LogP contribution in [0.4, 0.5) is 0 Å². The molecule has 28 heavy (non-hydrogen) atoms. The number of nitrogens with zero attached hydrogens (tertiary/aromatic N) is 2. The normalized spacial score (nSPS) is 12.3. The van der Waals surface area contributed by atoms with Crippen molar-refractivity contribution in [2.45, 2.75) is 52.1 Å². The highest BCUT2D eigenvalue weighted by Crippen LogP contribution is 2.06. The number of carbonyl (C=O) groups is 1. The Morgan fingerprint density at radius 3 is 2.61 bits per heavy atom. The van der Waals surface area contributed by atoms with Gasteiger partial charge in [0.2, 0.25) is 0 Å². The van der Waals surface area contributed by atoms with Gasteiger partial charge in [-0.15, -0.1) is 24.0 Å². The van der Waals surface area contributed by atoms with Crippen LogP contribution in [0.2, 0.25) is 0 Å². The molecule has 160 valence electrons. The summed E-state index contributed by atoms with van der Waals surface area (Å²) in [5.74, 6) is 0.755. The molecule has 0 spiro atoms. The average molecular weight is 503 g/mol. The molecule has 0 saturated carbocycles. The van der Waals surface area contributed by atoms with Crippen LogP contribution in [0.1, 0.15) is 55.5 Å². The summed E-state index contributed by atoms with van der Waals surface area (Å²) in [7, 11) is 5.76. The molecule has 0 aliphatic rings. The molecule has 1 atom stereocenters. The second kappa shape index (κ2) is 15.6. The molecule has 1 aromatic rings. The van der Waals surface area contributed by atoms with E-state index in [0.29, 0.717) is 24.7 Å². The summed E-state index contributed by atoms with van der Waals surface area (Å²) in [5.41, 5.74) is 1.74. The van der Waals surface area contributed by atoms with Crippen LogP contribution >= 0.6 is 24.0 Å². The van der Waals surface area contributed by atoms with Crippen LogP contribution in [0.25, 0.3) is 0 Å². The smallest absolute Gasteiger partial charge is 0.251 e. The first kappa shape index (κ1) is 26.6. The molecule has 0 aliphatic carbocycles. The highest BCUT2D eigenvalue weighted by Gasteiger charge is 2.08. The lowest BCUT2D eigenvalue weighted by Crippen LogP contribution is -2.41. The predicted molar refractivity (Wildman–Crippen MR) is 130 cm³/mol. The zero-order chi connectivity index (χ0) is 20.1. The number of guanidine groups is 1. The molecule has 1 aromatic carbocycles. The summed E-state index contributed by atoms with van der Waals surface area (Å²) in [6.07, 6.45) is 4.87. The molecule has 1 rings (SSSR count). The Kier molecular flexibility index (Phi) is 14.8. The molecule has 6 nitrogen and oxygen atoms in total. The van der Waals surface area contributed by atoms with Crippen LogP contribution in [-0.2, 0) is 6.54 Å². The number of rotatable bonds is 11. The number of hydrogen-bond donors (Lipinski definition) is 3. The van der Waals surface area contributed by atoms with Crippen LogP contribution in [0, 0.1) is 0 Å². The maximum absolute atomic E-state index is 12.3. The Bertz CT molecular complexity index is 592. The Labute approximate surface area is 188 Å². The molecule has 3 N–H and O–H groups in total. The quantitative estimate of drug-likeness (QED) is 0.188. The van der Waals surface area contributed by atoms with E-state index in [9.17, 15) is 4.79 Å². The summed E-state index contributed by atoms with van der Waals surface area (Å²) in [5, 5.41) is 9.71. The molecular formula is C21H38IN5O. The van der Waals surface area contributed by atoms with Gasteiger partial charge in [-0.1, -0.05) is 38.3 Å². The van der Waals surface area contributed by atoms with Crippen LogP contribution in [0.15, 0.2) is 29.3 Å². The Hall–Kier alpha value is -1.35. The fourth-order valence-electron chi connectivity index (χ4n) is 2.70. The Morgan fingerprint density at radius 2 is 1.96 bits per heavy atom. The number of amides is 1. The van der Waals surface area contributed by atoms with E-state index >= 15 is 0 Å². The first-order valence-electron chi connectivity index (χ1n) is 9.95. The minimum atomic E-state index is -0.0363. The fraction of sp³-hybridized carbons (Fsp3) is 0.619. The first-order valence-corrected chi connectivity index (χ1v) is 9.95. The van der Waals surface area contributed by atoms with E-state index in [1.54, 1.807) is 7.05 Å². The lowest BCUT2D eigenvalue weighted by Gasteiger charge is -2.18. The van der Waals surface area contributed by atoms with E-state index in [0.717, 1.165) is 24.5 Å². The van der Waals surface area contributed by atoms with Crippen molar-refractivity contribution < 1.29 is 4.79 Å². The van der Waals surface area contributed by atoms with Crippen LogP contribution in [0.3, 0.4) is 0 Å². The minimum Gasteiger partial charge on any atom is -0.354 e. The largest absolute Gasteiger partial charge is 0.354 e. The van der Waals surface area contributed by atoms with Gasteiger partial charge in [0.05, 0.1) is 0 Å². The van der Waals surface area contributed by atoms with Crippen molar-refractivity contribution in [2.75, 3.05) is 34.2 Å². The number of halogens is 1. The van der Waals surface area contributed by atoms with Crippen LogP contribution in [0.5, 0.6) is 0 Å². The van der Waals surface area contributed by atoms with Crippen molar-refractivity contribution in [2.24, 2.45) is 4.99 Å². The maximum atomic E-state index is 12.3. The van der Waals surface area contributed by atoms with E-state index in [2.05, 4.69) is 34.8 Å². The third-order valence-corrected chi connectivity index (χ3v) is 4.34. The van der Waals surface area contributed by atoms with Crippen molar-refractivity contribution in [3.63, 3.8) is 0 Å². The molecule has 1 unspecified atom stereocenters. The van der Waals surface area contributed by atoms with Crippen molar-refractivity contribution in [3.05, 3.63) is 35.4 Å². The van der Waals surface area contributed by atoms with Crippen molar-refractivity contribution >= 4 is 35.8 Å². The summed E-state index contributed by atoms with van der Waals surface area (Å²) in [4.78, 5) is 18.6. The number of aliphatic imine (C=N–C) groups is 1. The predicted octanol–water partition coefficient (Wildman–Crippen LogP) is 3.23. The number of benzene rings is 1. The van der Waals surface area contributed by atoms with E-state index in [4.69, 9.17) is 0 Å². The fourth-order valence-corrected chi connectivity index (χ4v) is 2.70. The Balaban J connectivity index is 0.00000729. The van der Waals surface area contributed by atoms with Crippen molar-refractivity contribution in [3.8, 4) is 0 Å². The molecule has 0 aromatic heterocycles. The molecule has 1 amide bonds. The highest BCUT2D eigenvalue weighted by molar-refractivity contribution is 14.0. The van der Waals surface area contributed by atoms with Gasteiger partial charge in [-0.3, -0.25) is 9.79 Å². The highest BCUT2D eigenvalue weighted by atomic mass is 127. The van der Waals surface area contributed by atoms with Gasteiger partial charge in [-0.25, -0.2) is 0 Å². The number of carbonyl (C=O) groups excluding carboxylic acids is 1. The molecule has 0 saturated heterocycles. The van der Waals surface area contributed by atoms with Gasteiger partial charge in [0.15, 0.2) is 5.96 Å². The second-order valence-corrected chi connectivity index (χ2v) is 7.23. The van der Waals surface area contributed by atoms with E-state index < -0.39 is 0 Å². The summed E-state index contributed by atoms with van der Waals surface area (Å²) < 4.78 is 0. The molecule has 0 bridgehead atoms. The van der Waals surface area contributed by atoms with E-state index in [-0.39, 0.29) is 29.9 Å². The summed E-state index contributed by atoms with van der Waals surface area (Å²) in [6.45, 7) is 6.49. The van der Waals surface area contributed by atoms with Gasteiger partial charge >= 0.3 is 0 Å². The third kappa shape index (κ3) is 11.5. The molecule has 0 fully saturated rings. The first-order chi connectivity index (χ1) is 13.0. The van der Waals surface area contributed by atoms with E-state index in [1.807, 2.05) is 43.3 Å². The van der Waals surface area contributed by atoms with Gasteiger partial charge in [-0.2, -0.15) is 0 Å². The SMILES string of the molecule is CCCCCC(C)NC(=NC)NCc1cccc(C(=O)NCCN(C)C)c1.I. The number of unbranched alkanes of at least 4 members (excludes halogenated alkanes) is 2. The molecular weight excluding hydrogens is 465 g/mol. The third-order valence-electron chi connectivity index (χ3n) is 4.34. The maximum Gasteiger partial charge on any atom is 0.251 e. The molecule has 7 heteroatoms. The number of likely N-dealkylation sites (N-methyl/N-ethyl adjacent to an activating group) is 1. The topological polar surface area (TPSA) is 68.8 Å². The van der Waals surface area contributed by atoms with Crippen molar-refractivity contribution in [1.82, 2.24) is 20.9 Å². The minimum absolute atomic E-state index is 0. The lowest BCUT2D eigenvalue weighted by atomic mass is 10.1. The van der Waals surface area contributed by atoms with Gasteiger partial charge < -0.3 is 20.9 Å². The average Bonchev–Trinajstić information content (AvgIpc) is 2.65. The molecule has 0 radical (unpaired) electrons. The number of nitrogens with one attached hydrogen (secondary N) is 3. The molecule has 0 heterocycles. The van der Waals surface area contributed by atoms with Gasteiger partial charge in [0.1, 0.15) is 0 Å². The van der Waals surface area contributed by atoms with Gasteiger partial charge in [0, 0.05) is 38.3 Å². The summed E-state index contributed by atoms with van der Waals surface area (Å²) in [6, 6.07) is 8.09. The number of hydrogen-bond acceptors (Lipinski definition) is 3. The van der Waals surface area contributed by atoms with Crippen LogP contribution in [-0.4, -0.2) is 57.0 Å². The van der Waals surface area contributed by atoms with E-state index in [1.165, 1.54) is 19.3 Å². The Morgan fingerprint density at radius 1 is 1.21 bits per heavy atom. The second-order valence-electron chi connectivity index (χ2n) is 7.23. The van der Waals surface area contributed by atoms with Crippen molar-refractivity contribution in [1.29, 1.82) is 0 Å². The van der Waals surface area contributed by atoms with Gasteiger partial charge in [0.25, 0.3) is 5.91 Å². The van der Waals surface area contributed by atoms with Gasteiger partial charge in [-0.05, 0) is 45.1 Å². The summed E-state index contributed by atoms with van der Waals surface area (Å²) >= 11 is 0. The molecule has 0 aliphatic heterocycles. The lowest BCUT2D eigenvalue weighted by molar-refractivity contribution is 0.0951. The monoisotopic (exact) mass is 503 g/mol. The zero-order valence-corrected chi connectivity index (χ0v) is 20.4. The standard InChI is InChI=1S/C21H37N5O.HI/c1-6-7-8-10-17(2)25-21(22-3)24-16-18-11-9-12-19(15-18)20(27)23-13-14-26(4)5;/h9,11-12,15,17H,6-8,10,13-14,16H2,1-5H3,(H,23,27)(H2,22,24,25);1H. The van der Waals surface area contributed by atoms with Crippen LogP contribution < -0.4 is 16.0 Å².